The van der Waals surface area contributed by atoms with Crippen molar-refractivity contribution in [1.82, 2.24) is 9.71 Å². The molecule has 7 heteroatoms. The van der Waals surface area contributed by atoms with Gasteiger partial charge in [0, 0.05) is 18.8 Å². The van der Waals surface area contributed by atoms with Crippen LogP contribution in [0.4, 0.5) is 0 Å². The third-order valence-electron chi connectivity index (χ3n) is 2.38. The van der Waals surface area contributed by atoms with Crippen LogP contribution >= 0.6 is 0 Å². The fourth-order valence-electron chi connectivity index (χ4n) is 1.34. The van der Waals surface area contributed by atoms with Gasteiger partial charge in [0.2, 0.25) is 15.9 Å². The van der Waals surface area contributed by atoms with E-state index in [1.165, 1.54) is 13.3 Å². The molecule has 0 aromatic carbocycles. The van der Waals surface area contributed by atoms with Gasteiger partial charge in [-0.15, -0.1) is 0 Å². The van der Waals surface area contributed by atoms with Gasteiger partial charge in [-0.1, -0.05) is 6.92 Å². The van der Waals surface area contributed by atoms with Crippen LogP contribution in [0.15, 0.2) is 18.3 Å². The van der Waals surface area contributed by atoms with Crippen LogP contribution in [0.25, 0.3) is 0 Å². The van der Waals surface area contributed by atoms with E-state index in [0.29, 0.717) is 5.88 Å². The number of hydrogen-bond acceptors (Lipinski definition) is 5. The standard InChI is InChI=1S/C11H15N3O3S/c1-3-10(7-12)18(15,16)14-8-9-4-5-13-11(6-9)17-2/h4-6,10,14H,3,8H2,1-2H3. The molecule has 0 saturated heterocycles. The molecule has 0 aliphatic carbocycles. The molecule has 1 aromatic heterocycles. The Labute approximate surface area is 107 Å². The molecule has 0 fully saturated rings. The van der Waals surface area contributed by atoms with Gasteiger partial charge in [0.25, 0.3) is 0 Å². The predicted octanol–water partition coefficient (Wildman–Crippen LogP) is 0.812. The number of methoxy groups -OCH3 is 1. The van der Waals surface area contributed by atoms with Crippen LogP contribution in [0, 0.1) is 11.3 Å². The smallest absolute Gasteiger partial charge is 0.228 e. The largest absolute Gasteiger partial charge is 0.481 e. The van der Waals surface area contributed by atoms with Crippen molar-refractivity contribution in [3.63, 3.8) is 0 Å². The van der Waals surface area contributed by atoms with Crippen LogP contribution in [0.1, 0.15) is 18.9 Å². The number of rotatable bonds is 6. The molecule has 1 rings (SSSR count). The van der Waals surface area contributed by atoms with Crippen LogP contribution in [0.3, 0.4) is 0 Å². The van der Waals surface area contributed by atoms with Gasteiger partial charge < -0.3 is 4.74 Å². The van der Waals surface area contributed by atoms with Crippen molar-refractivity contribution in [3.05, 3.63) is 23.9 Å². The predicted molar refractivity (Wildman–Crippen MR) is 66.2 cm³/mol. The molecule has 0 radical (unpaired) electrons. The van der Waals surface area contributed by atoms with Crippen molar-refractivity contribution in [2.45, 2.75) is 25.1 Å². The number of ether oxygens (including phenoxy) is 1. The normalized spacial score (nSPS) is 12.7. The zero-order valence-electron chi connectivity index (χ0n) is 10.3. The van der Waals surface area contributed by atoms with E-state index in [2.05, 4.69) is 9.71 Å². The molecule has 1 N–H and O–H groups in total. The van der Waals surface area contributed by atoms with Crippen LogP contribution in [0.2, 0.25) is 0 Å². The zero-order chi connectivity index (χ0) is 13.6. The summed E-state index contributed by atoms with van der Waals surface area (Å²) >= 11 is 0. The highest BCUT2D eigenvalue weighted by atomic mass is 32.2. The first kappa shape index (κ1) is 14.4. The molecule has 0 amide bonds. The molecule has 1 atom stereocenters. The second kappa shape index (κ2) is 6.33. The van der Waals surface area contributed by atoms with Gasteiger partial charge in [-0.3, -0.25) is 0 Å². The van der Waals surface area contributed by atoms with Crippen LogP contribution < -0.4 is 9.46 Å². The first-order valence-corrected chi connectivity index (χ1v) is 6.95. The van der Waals surface area contributed by atoms with Crippen LogP contribution in [-0.2, 0) is 16.6 Å². The molecule has 0 spiro atoms. The summed E-state index contributed by atoms with van der Waals surface area (Å²) in [6.45, 7) is 1.77. The Balaban J connectivity index is 2.73. The van der Waals surface area contributed by atoms with Crippen LogP contribution in [-0.4, -0.2) is 25.8 Å². The Morgan fingerprint density at radius 2 is 2.33 bits per heavy atom. The molecule has 0 aliphatic heterocycles. The van der Waals surface area contributed by atoms with Crippen molar-refractivity contribution >= 4 is 10.0 Å². The molecule has 1 aromatic rings. The van der Waals surface area contributed by atoms with Gasteiger partial charge in [-0.2, -0.15) is 5.26 Å². The average molecular weight is 269 g/mol. The lowest BCUT2D eigenvalue weighted by Gasteiger charge is -2.10. The molecule has 1 heterocycles. The first-order chi connectivity index (χ1) is 8.53. The SMILES string of the molecule is CCC(C#N)S(=O)(=O)NCc1ccnc(OC)c1. The Morgan fingerprint density at radius 3 is 2.89 bits per heavy atom. The van der Waals surface area contributed by atoms with Crippen molar-refractivity contribution in [2.75, 3.05) is 7.11 Å². The molecule has 0 aliphatic rings. The van der Waals surface area contributed by atoms with Gasteiger partial charge >= 0.3 is 0 Å². The third kappa shape index (κ3) is 3.68. The van der Waals surface area contributed by atoms with Gasteiger partial charge in [-0.05, 0) is 18.1 Å². The maximum absolute atomic E-state index is 11.7. The minimum absolute atomic E-state index is 0.111. The minimum atomic E-state index is -3.61. The Kier molecular flexibility index (Phi) is 5.07. The summed E-state index contributed by atoms with van der Waals surface area (Å²) in [5.41, 5.74) is 0.721. The quantitative estimate of drug-likeness (QED) is 0.825. The summed E-state index contributed by atoms with van der Waals surface area (Å²) in [6, 6.07) is 5.08. The number of pyridine rings is 1. The van der Waals surface area contributed by atoms with E-state index >= 15 is 0 Å². The molecule has 1 unspecified atom stereocenters. The highest BCUT2D eigenvalue weighted by Gasteiger charge is 2.22. The summed E-state index contributed by atoms with van der Waals surface area (Å²) in [7, 11) is -2.13. The number of nitrogens with one attached hydrogen (secondary N) is 1. The van der Waals surface area contributed by atoms with E-state index in [1.54, 1.807) is 25.1 Å². The topological polar surface area (TPSA) is 92.1 Å². The molecule has 0 saturated carbocycles. The molecular weight excluding hydrogens is 254 g/mol. The number of sulfonamides is 1. The summed E-state index contributed by atoms with van der Waals surface area (Å²) in [6.07, 6.45) is 1.79. The van der Waals surface area contributed by atoms with E-state index in [0.717, 1.165) is 5.56 Å². The zero-order valence-corrected chi connectivity index (χ0v) is 11.1. The third-order valence-corrected chi connectivity index (χ3v) is 4.11. The van der Waals surface area contributed by atoms with Gasteiger partial charge in [-0.25, -0.2) is 18.1 Å². The lowest BCUT2D eigenvalue weighted by molar-refractivity contribution is 0.397. The van der Waals surface area contributed by atoms with Crippen molar-refractivity contribution in [1.29, 1.82) is 5.26 Å². The fraction of sp³-hybridized carbons (Fsp3) is 0.455. The highest BCUT2D eigenvalue weighted by Crippen LogP contribution is 2.10. The molecule has 6 nitrogen and oxygen atoms in total. The monoisotopic (exact) mass is 269 g/mol. The maximum atomic E-state index is 11.7. The van der Waals surface area contributed by atoms with Crippen molar-refractivity contribution in [2.24, 2.45) is 0 Å². The number of hydrogen-bond donors (Lipinski definition) is 1. The van der Waals surface area contributed by atoms with E-state index in [1.807, 2.05) is 0 Å². The van der Waals surface area contributed by atoms with E-state index in [9.17, 15) is 8.42 Å². The van der Waals surface area contributed by atoms with E-state index in [4.69, 9.17) is 10.00 Å². The summed E-state index contributed by atoms with van der Waals surface area (Å²) in [5, 5.41) is 7.72. The summed E-state index contributed by atoms with van der Waals surface area (Å²) in [5.74, 6) is 0.416. The van der Waals surface area contributed by atoms with Crippen molar-refractivity contribution in [3.8, 4) is 11.9 Å². The summed E-state index contributed by atoms with van der Waals surface area (Å²) < 4.78 is 30.8. The van der Waals surface area contributed by atoms with E-state index in [-0.39, 0.29) is 13.0 Å². The lowest BCUT2D eigenvalue weighted by Crippen LogP contribution is -2.32. The molecular formula is C11H15N3O3S. The summed E-state index contributed by atoms with van der Waals surface area (Å²) in [4.78, 5) is 3.92. The number of nitriles is 1. The first-order valence-electron chi connectivity index (χ1n) is 5.40. The fourth-order valence-corrected chi connectivity index (χ4v) is 2.48. The number of nitrogens with zero attached hydrogens (tertiary/aromatic N) is 2. The molecule has 98 valence electrons. The maximum Gasteiger partial charge on any atom is 0.228 e. The second-order valence-electron chi connectivity index (χ2n) is 3.60. The Hall–Kier alpha value is -1.65. The molecule has 0 bridgehead atoms. The lowest BCUT2D eigenvalue weighted by atomic mass is 10.3. The van der Waals surface area contributed by atoms with Gasteiger partial charge in [0.15, 0.2) is 5.25 Å². The Bertz CT molecular complexity index is 537. The Morgan fingerprint density at radius 1 is 1.61 bits per heavy atom. The second-order valence-corrected chi connectivity index (χ2v) is 5.55. The average Bonchev–Trinajstić information content (AvgIpc) is 2.38. The minimum Gasteiger partial charge on any atom is -0.481 e. The molecule has 18 heavy (non-hydrogen) atoms. The number of aromatic nitrogens is 1. The van der Waals surface area contributed by atoms with E-state index < -0.39 is 15.3 Å². The van der Waals surface area contributed by atoms with Gasteiger partial charge in [0.05, 0.1) is 13.2 Å². The van der Waals surface area contributed by atoms with Crippen molar-refractivity contribution < 1.29 is 13.2 Å². The highest BCUT2D eigenvalue weighted by molar-refractivity contribution is 7.90. The van der Waals surface area contributed by atoms with Gasteiger partial charge in [0.1, 0.15) is 0 Å². The van der Waals surface area contributed by atoms with Crippen LogP contribution in [0.5, 0.6) is 5.88 Å².